The van der Waals surface area contributed by atoms with Gasteiger partial charge in [-0.25, -0.2) is 4.79 Å². The summed E-state index contributed by atoms with van der Waals surface area (Å²) in [6.45, 7) is 3.61. The third-order valence-electron chi connectivity index (χ3n) is 6.05. The molecule has 7 nitrogen and oxygen atoms in total. The predicted octanol–water partition coefficient (Wildman–Crippen LogP) is 3.30. The number of nitrogens with zero attached hydrogens (tertiary/aromatic N) is 3. The zero-order chi connectivity index (χ0) is 20.9. The highest BCUT2D eigenvalue weighted by molar-refractivity contribution is 7.86. The van der Waals surface area contributed by atoms with Gasteiger partial charge in [0.05, 0.1) is 0 Å². The van der Waals surface area contributed by atoms with Gasteiger partial charge in [0, 0.05) is 45.0 Å². The van der Waals surface area contributed by atoms with E-state index in [4.69, 9.17) is 0 Å². The molecule has 1 N–H and O–H groups in total. The van der Waals surface area contributed by atoms with Gasteiger partial charge < -0.3 is 10.2 Å². The monoisotopic (exact) mass is 422 g/mol. The molecule has 1 aromatic carbocycles. The minimum absolute atomic E-state index is 0.103. The van der Waals surface area contributed by atoms with Gasteiger partial charge in [0.2, 0.25) is 0 Å². The highest BCUT2D eigenvalue weighted by atomic mass is 32.2. The molecular weight excluding hydrogens is 388 g/mol. The van der Waals surface area contributed by atoms with E-state index in [1.165, 1.54) is 16.3 Å². The van der Waals surface area contributed by atoms with Gasteiger partial charge in [-0.15, -0.1) is 0 Å². The Bertz CT molecular complexity index is 768. The van der Waals surface area contributed by atoms with Gasteiger partial charge in [0.15, 0.2) is 0 Å². The highest BCUT2D eigenvalue weighted by Crippen LogP contribution is 2.25. The van der Waals surface area contributed by atoms with Crippen molar-refractivity contribution in [3.63, 3.8) is 0 Å². The molecule has 162 valence electrons. The van der Waals surface area contributed by atoms with Crippen molar-refractivity contribution in [2.24, 2.45) is 0 Å². The molecule has 1 aromatic rings. The first-order valence-electron chi connectivity index (χ1n) is 10.8. The molecule has 0 radical (unpaired) electrons. The average Bonchev–Trinajstić information content (AvgIpc) is 2.75. The predicted molar refractivity (Wildman–Crippen MR) is 116 cm³/mol. The van der Waals surface area contributed by atoms with Crippen LogP contribution in [0.5, 0.6) is 0 Å². The Labute approximate surface area is 175 Å². The number of urea groups is 1. The van der Waals surface area contributed by atoms with E-state index in [-0.39, 0.29) is 12.1 Å². The number of amides is 2. The Morgan fingerprint density at radius 2 is 1.69 bits per heavy atom. The smallest absolute Gasteiger partial charge is 0.321 e. The molecule has 1 saturated heterocycles. The molecule has 29 heavy (non-hydrogen) atoms. The van der Waals surface area contributed by atoms with Crippen molar-refractivity contribution in [2.45, 2.75) is 57.9 Å². The van der Waals surface area contributed by atoms with Gasteiger partial charge in [-0.3, -0.25) is 0 Å². The van der Waals surface area contributed by atoms with E-state index in [0.717, 1.165) is 44.2 Å². The van der Waals surface area contributed by atoms with Crippen molar-refractivity contribution in [2.75, 3.05) is 38.5 Å². The SMILES string of the molecule is CCCc1ccc(NC(=O)N2CCN(S(=O)(=O)N(C)C3CCCCC3)CC2)cc1. The highest BCUT2D eigenvalue weighted by Gasteiger charge is 2.35. The summed E-state index contributed by atoms with van der Waals surface area (Å²) in [4.78, 5) is 14.2. The quantitative estimate of drug-likeness (QED) is 0.764. The molecule has 0 aromatic heterocycles. The molecule has 2 fully saturated rings. The van der Waals surface area contributed by atoms with Crippen molar-refractivity contribution in [1.29, 1.82) is 0 Å². The van der Waals surface area contributed by atoms with Gasteiger partial charge >= 0.3 is 6.03 Å². The van der Waals surface area contributed by atoms with Gasteiger partial charge in [0.1, 0.15) is 0 Å². The van der Waals surface area contributed by atoms with Crippen LogP contribution in [0.3, 0.4) is 0 Å². The van der Waals surface area contributed by atoms with E-state index < -0.39 is 10.2 Å². The summed E-state index contributed by atoms with van der Waals surface area (Å²) in [5.74, 6) is 0. The number of carbonyl (C=O) groups is 1. The fourth-order valence-electron chi connectivity index (χ4n) is 4.18. The van der Waals surface area contributed by atoms with E-state index in [1.54, 1.807) is 16.3 Å². The molecule has 0 unspecified atom stereocenters. The third kappa shape index (κ3) is 5.49. The summed E-state index contributed by atoms with van der Waals surface area (Å²) in [6, 6.07) is 7.83. The first-order valence-corrected chi connectivity index (χ1v) is 12.2. The zero-order valence-corrected chi connectivity index (χ0v) is 18.5. The van der Waals surface area contributed by atoms with Crippen molar-refractivity contribution in [3.8, 4) is 0 Å². The average molecular weight is 423 g/mol. The summed E-state index contributed by atoms with van der Waals surface area (Å²) in [6.07, 6.45) is 7.38. The molecule has 2 amide bonds. The number of anilines is 1. The topological polar surface area (TPSA) is 73.0 Å². The number of nitrogens with one attached hydrogen (secondary N) is 1. The fourth-order valence-corrected chi connectivity index (χ4v) is 5.76. The molecule has 3 rings (SSSR count). The van der Waals surface area contributed by atoms with Gasteiger partial charge in [-0.05, 0) is 37.0 Å². The van der Waals surface area contributed by atoms with Crippen LogP contribution in [0.2, 0.25) is 0 Å². The molecule has 2 aliphatic rings. The number of carbonyl (C=O) groups excluding carboxylic acids is 1. The van der Waals surface area contributed by atoms with Crippen LogP contribution in [0.25, 0.3) is 0 Å². The van der Waals surface area contributed by atoms with Crippen LogP contribution in [-0.4, -0.2) is 67.2 Å². The van der Waals surface area contributed by atoms with Gasteiger partial charge in [-0.1, -0.05) is 44.7 Å². The molecule has 8 heteroatoms. The summed E-state index contributed by atoms with van der Waals surface area (Å²) in [5.41, 5.74) is 2.02. The largest absolute Gasteiger partial charge is 0.322 e. The molecule has 1 aliphatic carbocycles. The van der Waals surface area contributed by atoms with E-state index in [0.29, 0.717) is 26.2 Å². The van der Waals surface area contributed by atoms with Gasteiger partial charge in [-0.2, -0.15) is 17.0 Å². The van der Waals surface area contributed by atoms with E-state index in [1.807, 2.05) is 24.3 Å². The van der Waals surface area contributed by atoms with Crippen LogP contribution in [0.4, 0.5) is 10.5 Å². The maximum absolute atomic E-state index is 13.0. The first-order chi connectivity index (χ1) is 13.9. The van der Waals surface area contributed by atoms with Crippen LogP contribution < -0.4 is 5.32 Å². The second-order valence-corrected chi connectivity index (χ2v) is 10.1. The van der Waals surface area contributed by atoms with Gasteiger partial charge in [0.25, 0.3) is 10.2 Å². The summed E-state index contributed by atoms with van der Waals surface area (Å²) >= 11 is 0. The second kappa shape index (κ2) is 9.91. The lowest BCUT2D eigenvalue weighted by molar-refractivity contribution is 0.178. The molecule has 1 aliphatic heterocycles. The summed E-state index contributed by atoms with van der Waals surface area (Å²) < 4.78 is 29.0. The standard InChI is InChI=1S/C21H34N4O3S/c1-3-7-18-10-12-19(13-11-18)22-21(26)24-14-16-25(17-15-24)29(27,28)23(2)20-8-5-4-6-9-20/h10-13,20H,3-9,14-17H2,1-2H3,(H,22,26). The van der Waals surface area contributed by atoms with E-state index in [2.05, 4.69) is 12.2 Å². The van der Waals surface area contributed by atoms with Crippen LogP contribution in [-0.2, 0) is 16.6 Å². The molecule has 0 bridgehead atoms. The number of benzene rings is 1. The second-order valence-electron chi connectivity index (χ2n) is 8.08. The lowest BCUT2D eigenvalue weighted by atomic mass is 9.96. The van der Waals surface area contributed by atoms with E-state index in [9.17, 15) is 13.2 Å². The maximum atomic E-state index is 13.0. The van der Waals surface area contributed by atoms with Crippen LogP contribution >= 0.6 is 0 Å². The number of aryl methyl sites for hydroxylation is 1. The van der Waals surface area contributed by atoms with Crippen molar-refractivity contribution in [3.05, 3.63) is 29.8 Å². The normalized spacial score (nSPS) is 19.5. The lowest BCUT2D eigenvalue weighted by Crippen LogP contribution is -2.55. The molecule has 1 saturated carbocycles. The zero-order valence-electron chi connectivity index (χ0n) is 17.6. The molecule has 0 atom stereocenters. The van der Waals surface area contributed by atoms with Crippen LogP contribution in [0.1, 0.15) is 51.0 Å². The Morgan fingerprint density at radius 3 is 2.28 bits per heavy atom. The number of hydrogen-bond acceptors (Lipinski definition) is 3. The summed E-state index contributed by atoms with van der Waals surface area (Å²) in [7, 11) is -1.77. The minimum Gasteiger partial charge on any atom is -0.322 e. The summed E-state index contributed by atoms with van der Waals surface area (Å²) in [5, 5.41) is 2.92. The maximum Gasteiger partial charge on any atom is 0.321 e. The van der Waals surface area contributed by atoms with E-state index >= 15 is 0 Å². The number of piperazine rings is 1. The van der Waals surface area contributed by atoms with Crippen LogP contribution in [0, 0.1) is 0 Å². The van der Waals surface area contributed by atoms with Crippen molar-refractivity contribution < 1.29 is 13.2 Å². The Hall–Kier alpha value is -1.64. The number of rotatable bonds is 6. The van der Waals surface area contributed by atoms with Crippen LogP contribution in [0.15, 0.2) is 24.3 Å². The minimum atomic E-state index is -3.47. The molecule has 1 heterocycles. The Kier molecular flexibility index (Phi) is 7.54. The third-order valence-corrected chi connectivity index (χ3v) is 8.09. The Balaban J connectivity index is 1.51. The Morgan fingerprint density at radius 1 is 1.07 bits per heavy atom. The van der Waals surface area contributed by atoms with Crippen molar-refractivity contribution in [1.82, 2.24) is 13.5 Å². The number of hydrogen-bond donors (Lipinski definition) is 1. The molecule has 0 spiro atoms. The lowest BCUT2D eigenvalue weighted by Gasteiger charge is -2.38. The van der Waals surface area contributed by atoms with Crippen molar-refractivity contribution >= 4 is 21.9 Å². The molecular formula is C21H34N4O3S. The first kappa shape index (κ1) is 22.1. The fraction of sp³-hybridized carbons (Fsp3) is 0.667.